The summed E-state index contributed by atoms with van der Waals surface area (Å²) in [6.45, 7) is -2.69. The summed E-state index contributed by atoms with van der Waals surface area (Å²) >= 11 is 0. The number of benzene rings is 1. The van der Waals surface area contributed by atoms with E-state index in [0.717, 1.165) is 0 Å². The highest BCUT2D eigenvalue weighted by atomic mass is 16.6. The Morgan fingerprint density at radius 3 is 2.80 bits per heavy atom. The van der Waals surface area contributed by atoms with Gasteiger partial charge in [-0.2, -0.15) is 0 Å². The molecule has 0 aromatic heterocycles. The van der Waals surface area contributed by atoms with E-state index in [9.17, 15) is 19.9 Å². The lowest BCUT2D eigenvalue weighted by Crippen LogP contribution is -2.52. The molecule has 0 saturated carbocycles. The minimum absolute atomic E-state index is 0.0476. The molecule has 1 aromatic rings. The third-order valence-corrected chi connectivity index (χ3v) is 3.96. The highest BCUT2D eigenvalue weighted by Crippen LogP contribution is 2.50. The molecule has 8 heteroatoms. The second kappa shape index (κ2) is 4.37. The molecular formula is C12H14BO7-. The van der Waals surface area contributed by atoms with Crippen LogP contribution in [-0.2, 0) is 4.74 Å². The highest BCUT2D eigenvalue weighted by molar-refractivity contribution is 6.61. The van der Waals surface area contributed by atoms with Gasteiger partial charge >= 0.3 is 12.7 Å². The zero-order valence-corrected chi connectivity index (χ0v) is 10.8. The van der Waals surface area contributed by atoms with Gasteiger partial charge in [-0.1, -0.05) is 6.07 Å². The number of aromatic carboxylic acids is 1. The zero-order valence-electron chi connectivity index (χ0n) is 10.8. The van der Waals surface area contributed by atoms with Crippen LogP contribution in [0.15, 0.2) is 12.1 Å². The van der Waals surface area contributed by atoms with Gasteiger partial charge in [-0.25, -0.2) is 4.79 Å². The van der Waals surface area contributed by atoms with Crippen molar-refractivity contribution in [3.8, 4) is 11.5 Å². The van der Waals surface area contributed by atoms with Crippen molar-refractivity contribution in [1.82, 2.24) is 0 Å². The van der Waals surface area contributed by atoms with E-state index in [0.29, 0.717) is 12.2 Å². The molecule has 3 rings (SSSR count). The van der Waals surface area contributed by atoms with E-state index in [1.807, 2.05) is 0 Å². The third-order valence-electron chi connectivity index (χ3n) is 3.96. The Morgan fingerprint density at radius 2 is 2.15 bits per heavy atom. The van der Waals surface area contributed by atoms with Crippen molar-refractivity contribution in [3.63, 3.8) is 0 Å². The number of methoxy groups -OCH3 is 1. The maximum absolute atomic E-state index is 11.4. The number of ether oxygens (including phenoxy) is 2. The van der Waals surface area contributed by atoms with Gasteiger partial charge in [0.25, 0.3) is 0 Å². The molecule has 1 saturated heterocycles. The Morgan fingerprint density at radius 1 is 1.40 bits per heavy atom. The number of fused-ring (bicyclic) bond motifs is 3. The average molecular weight is 281 g/mol. The second-order valence-electron chi connectivity index (χ2n) is 5.05. The lowest BCUT2D eigenvalue weighted by molar-refractivity contribution is 0.0689. The van der Waals surface area contributed by atoms with E-state index in [-0.39, 0.29) is 29.6 Å². The van der Waals surface area contributed by atoms with E-state index < -0.39 is 18.5 Å². The topological polar surface area (TPSA) is 105 Å². The minimum Gasteiger partial charge on any atom is -0.669 e. The van der Waals surface area contributed by atoms with E-state index >= 15 is 0 Å². The molecule has 0 amide bonds. The molecule has 2 atom stereocenters. The smallest absolute Gasteiger partial charge is 0.436 e. The van der Waals surface area contributed by atoms with Gasteiger partial charge in [0.2, 0.25) is 0 Å². The fourth-order valence-corrected chi connectivity index (χ4v) is 2.95. The summed E-state index contributed by atoms with van der Waals surface area (Å²) in [6, 6.07) is 3.22. The summed E-state index contributed by atoms with van der Waals surface area (Å²) in [4.78, 5) is 11.4. The highest BCUT2D eigenvalue weighted by Gasteiger charge is 2.49. The summed E-state index contributed by atoms with van der Waals surface area (Å²) in [5.74, 6) is -2.06. The first-order chi connectivity index (χ1) is 9.45. The second-order valence-corrected chi connectivity index (χ2v) is 5.05. The monoisotopic (exact) mass is 281 g/mol. The fourth-order valence-electron chi connectivity index (χ4n) is 2.95. The predicted molar refractivity (Wildman–Crippen MR) is 68.1 cm³/mol. The molecule has 1 fully saturated rings. The maximum atomic E-state index is 11.4. The van der Waals surface area contributed by atoms with Gasteiger partial charge in [0.15, 0.2) is 0 Å². The molecule has 0 aliphatic carbocycles. The Kier molecular flexibility index (Phi) is 2.89. The van der Waals surface area contributed by atoms with Gasteiger partial charge in [-0.3, -0.25) is 0 Å². The molecule has 1 aromatic carbocycles. The molecule has 2 heterocycles. The molecule has 2 aliphatic rings. The first-order valence-corrected chi connectivity index (χ1v) is 6.26. The molecule has 108 valence electrons. The standard InChI is InChI=1S/C12H14BO7/c1-18-9-3-2-6-7-4-19-5-8(7)13(16,17)20-11(6)10(9)12(14)15/h2-3,7-8,16-17H,4-5H2,1H3,(H,14,15)/q-1/t7-,8-/m1/s1. The summed E-state index contributed by atoms with van der Waals surface area (Å²) in [5, 5.41) is 29.4. The maximum Gasteiger partial charge on any atom is 0.436 e. The molecular weight excluding hydrogens is 267 g/mol. The molecule has 20 heavy (non-hydrogen) atoms. The van der Waals surface area contributed by atoms with Crippen molar-refractivity contribution < 1.29 is 34.1 Å². The SMILES string of the molecule is COc1ccc2c(c1C(=O)O)O[B-](O)(O)[C@@H]1COC[C@H]21. The molecule has 0 unspecified atom stereocenters. The summed E-state index contributed by atoms with van der Waals surface area (Å²) in [6.07, 6.45) is 0. The quantitative estimate of drug-likeness (QED) is 0.664. The van der Waals surface area contributed by atoms with Crippen molar-refractivity contribution in [2.75, 3.05) is 20.3 Å². The van der Waals surface area contributed by atoms with Gasteiger partial charge < -0.3 is 29.3 Å². The van der Waals surface area contributed by atoms with Crippen LogP contribution >= 0.6 is 0 Å². The van der Waals surface area contributed by atoms with Crippen LogP contribution in [0.25, 0.3) is 0 Å². The van der Waals surface area contributed by atoms with Crippen molar-refractivity contribution in [3.05, 3.63) is 23.3 Å². The molecule has 0 radical (unpaired) electrons. The van der Waals surface area contributed by atoms with Crippen LogP contribution in [0, 0.1) is 0 Å². The normalized spacial score (nSPS) is 26.4. The lowest BCUT2D eigenvalue weighted by Gasteiger charge is -2.44. The number of hydrogen-bond donors (Lipinski definition) is 3. The molecule has 7 nitrogen and oxygen atoms in total. The van der Waals surface area contributed by atoms with E-state index in [2.05, 4.69) is 0 Å². The molecule has 3 N–H and O–H groups in total. The van der Waals surface area contributed by atoms with E-state index in [1.54, 1.807) is 6.07 Å². The van der Waals surface area contributed by atoms with Crippen molar-refractivity contribution in [2.45, 2.75) is 11.7 Å². The Hall–Kier alpha value is -1.77. The van der Waals surface area contributed by atoms with Gasteiger partial charge in [-0.15, -0.1) is 0 Å². The van der Waals surface area contributed by atoms with Crippen LogP contribution < -0.4 is 9.39 Å². The van der Waals surface area contributed by atoms with Crippen LogP contribution in [-0.4, -0.2) is 48.2 Å². The summed E-state index contributed by atoms with van der Waals surface area (Å²) in [5.41, 5.74) is 0.399. The largest absolute Gasteiger partial charge is 0.669 e. The average Bonchev–Trinajstić information content (AvgIpc) is 2.87. The molecule has 0 bridgehead atoms. The minimum atomic E-state index is -3.16. The fraction of sp³-hybridized carbons (Fsp3) is 0.417. The van der Waals surface area contributed by atoms with Crippen LogP contribution in [0.4, 0.5) is 0 Å². The summed E-state index contributed by atoms with van der Waals surface area (Å²) in [7, 11) is 1.34. The van der Waals surface area contributed by atoms with E-state index in [1.165, 1.54) is 13.2 Å². The molecule has 0 spiro atoms. The zero-order chi connectivity index (χ0) is 14.5. The van der Waals surface area contributed by atoms with Gasteiger partial charge in [0.1, 0.15) is 11.3 Å². The Labute approximate surface area is 114 Å². The number of hydrogen-bond acceptors (Lipinski definition) is 6. The van der Waals surface area contributed by atoms with Crippen LogP contribution in [0.1, 0.15) is 21.8 Å². The van der Waals surface area contributed by atoms with Gasteiger partial charge in [0, 0.05) is 6.61 Å². The Balaban J connectivity index is 2.21. The van der Waals surface area contributed by atoms with Crippen LogP contribution in [0.5, 0.6) is 11.5 Å². The molecule has 2 aliphatic heterocycles. The lowest BCUT2D eigenvalue weighted by atomic mass is 9.56. The number of carbonyl (C=O) groups is 1. The van der Waals surface area contributed by atoms with E-state index in [4.69, 9.17) is 14.1 Å². The van der Waals surface area contributed by atoms with Crippen LogP contribution in [0.2, 0.25) is 5.82 Å². The van der Waals surface area contributed by atoms with Crippen molar-refractivity contribution in [2.24, 2.45) is 0 Å². The predicted octanol–water partition coefficient (Wildman–Crippen LogP) is 0.193. The van der Waals surface area contributed by atoms with Crippen LogP contribution in [0.3, 0.4) is 0 Å². The van der Waals surface area contributed by atoms with Gasteiger partial charge in [-0.05, 0) is 23.4 Å². The number of carboxylic acids is 1. The number of carboxylic acid groups (broad SMARTS) is 1. The number of rotatable bonds is 2. The van der Waals surface area contributed by atoms with Crippen molar-refractivity contribution in [1.29, 1.82) is 0 Å². The van der Waals surface area contributed by atoms with Crippen molar-refractivity contribution >= 4 is 12.7 Å². The summed E-state index contributed by atoms with van der Waals surface area (Å²) < 4.78 is 15.5. The Bertz CT molecular complexity index is 571. The van der Waals surface area contributed by atoms with Gasteiger partial charge in [0.05, 0.1) is 19.5 Å². The first kappa shape index (κ1) is 13.2. The first-order valence-electron chi connectivity index (χ1n) is 6.26. The third kappa shape index (κ3) is 1.76.